The topological polar surface area (TPSA) is 100 Å². The largest absolute Gasteiger partial charge is 0.326 e. The van der Waals surface area contributed by atoms with Gasteiger partial charge < -0.3 is 11.5 Å². The van der Waals surface area contributed by atoms with Crippen LogP contribution in [-0.4, -0.2) is 0 Å². The van der Waals surface area contributed by atoms with Crippen LogP contribution in [0.2, 0.25) is 0 Å². The molecule has 0 radical (unpaired) electrons. The maximum Gasteiger partial charge on any atom is 0.0354 e. The third-order valence-electron chi connectivity index (χ3n) is 4.99. The molecule has 0 aliphatic rings. The van der Waals surface area contributed by atoms with Crippen LogP contribution in [0, 0.1) is 0 Å². The van der Waals surface area contributed by atoms with Crippen molar-refractivity contribution >= 4 is 0 Å². The molecule has 0 fully saturated rings. The van der Waals surface area contributed by atoms with Gasteiger partial charge in [-0.05, 0) is 33.4 Å². The molecule has 0 bridgehead atoms. The van der Waals surface area contributed by atoms with Gasteiger partial charge >= 0.3 is 0 Å². The Labute approximate surface area is 179 Å². The molecule has 0 saturated carbocycles. The molecule has 0 unspecified atom stereocenters. The second-order valence-electron chi connectivity index (χ2n) is 7.23. The van der Waals surface area contributed by atoms with Crippen molar-refractivity contribution < 1.29 is 0 Å². The van der Waals surface area contributed by atoms with Crippen molar-refractivity contribution in [1.82, 2.24) is 21.7 Å². The van der Waals surface area contributed by atoms with Crippen LogP contribution >= 0.6 is 0 Å². The van der Waals surface area contributed by atoms with E-state index in [1.165, 1.54) is 27.8 Å². The molecule has 158 valence electrons. The van der Waals surface area contributed by atoms with Gasteiger partial charge in [-0.3, -0.25) is 21.7 Å². The Morgan fingerprint density at radius 3 is 1.60 bits per heavy atom. The summed E-state index contributed by atoms with van der Waals surface area (Å²) in [6, 6.07) is 25.1. The molecule has 0 saturated heterocycles. The molecular formula is C24H32N6. The molecule has 0 aliphatic carbocycles. The summed E-state index contributed by atoms with van der Waals surface area (Å²) in [7, 11) is 0. The molecule has 3 rings (SSSR count). The molecule has 3 aromatic carbocycles. The predicted molar refractivity (Wildman–Crippen MR) is 122 cm³/mol. The fraction of sp³-hybridized carbons (Fsp3) is 0.250. The minimum absolute atomic E-state index is 0.555. The van der Waals surface area contributed by atoms with Gasteiger partial charge in [-0.15, -0.1) is 0 Å². The molecule has 0 spiro atoms. The Balaban J connectivity index is 1.37. The van der Waals surface area contributed by atoms with E-state index in [1.54, 1.807) is 0 Å². The lowest BCUT2D eigenvalue weighted by molar-refractivity contribution is 0.523. The molecule has 8 N–H and O–H groups in total. The lowest BCUT2D eigenvalue weighted by atomic mass is 10.1. The third-order valence-corrected chi connectivity index (χ3v) is 4.99. The number of hydrogen-bond donors (Lipinski definition) is 6. The van der Waals surface area contributed by atoms with E-state index in [2.05, 4.69) is 82.4 Å². The first-order valence-electron chi connectivity index (χ1n) is 10.3. The normalized spacial score (nSPS) is 11.0. The van der Waals surface area contributed by atoms with E-state index < -0.39 is 0 Å². The van der Waals surface area contributed by atoms with Crippen molar-refractivity contribution in [2.45, 2.75) is 39.3 Å². The van der Waals surface area contributed by atoms with Gasteiger partial charge in [0, 0.05) is 39.3 Å². The van der Waals surface area contributed by atoms with E-state index in [4.69, 9.17) is 11.5 Å². The molecule has 0 aliphatic heterocycles. The number of rotatable bonds is 12. The van der Waals surface area contributed by atoms with Crippen LogP contribution in [0.15, 0.2) is 72.8 Å². The molecule has 0 atom stereocenters. The zero-order chi connectivity index (χ0) is 21.0. The lowest BCUT2D eigenvalue weighted by Crippen LogP contribution is -2.31. The first-order valence-corrected chi connectivity index (χ1v) is 10.3. The second-order valence-corrected chi connectivity index (χ2v) is 7.23. The summed E-state index contributed by atoms with van der Waals surface area (Å²) in [5, 5.41) is 0. The highest BCUT2D eigenvalue weighted by atomic mass is 15.3. The summed E-state index contributed by atoms with van der Waals surface area (Å²) in [6.07, 6.45) is 0. The molecule has 30 heavy (non-hydrogen) atoms. The Hall–Kier alpha value is -2.58. The Morgan fingerprint density at radius 1 is 0.467 bits per heavy atom. The predicted octanol–water partition coefficient (Wildman–Crippen LogP) is 2.19. The number of nitrogens with two attached hydrogens (primary N) is 2. The zero-order valence-electron chi connectivity index (χ0n) is 17.3. The second kappa shape index (κ2) is 12.2. The van der Waals surface area contributed by atoms with Gasteiger partial charge in [0.05, 0.1) is 0 Å². The van der Waals surface area contributed by atoms with Crippen molar-refractivity contribution in [1.29, 1.82) is 0 Å². The minimum atomic E-state index is 0.555. The smallest absolute Gasteiger partial charge is 0.0354 e. The summed E-state index contributed by atoms with van der Waals surface area (Å²) < 4.78 is 0. The molecular weight excluding hydrogens is 372 g/mol. The summed E-state index contributed by atoms with van der Waals surface area (Å²) in [6.45, 7) is 4.14. The average molecular weight is 405 g/mol. The van der Waals surface area contributed by atoms with Crippen LogP contribution in [0.25, 0.3) is 0 Å². The SMILES string of the molecule is NCc1ccc(CNNCc2cccc(CNNCc3ccccc3CN)c2)cc1. The average Bonchev–Trinajstić information content (AvgIpc) is 2.80. The van der Waals surface area contributed by atoms with Crippen molar-refractivity contribution in [3.05, 3.63) is 106 Å². The van der Waals surface area contributed by atoms with Crippen LogP contribution in [0.5, 0.6) is 0 Å². The summed E-state index contributed by atoms with van der Waals surface area (Å²) >= 11 is 0. The molecule has 3 aromatic rings. The van der Waals surface area contributed by atoms with Gasteiger partial charge in [-0.2, -0.15) is 0 Å². The molecule has 0 amide bonds. The van der Waals surface area contributed by atoms with Crippen molar-refractivity contribution in [2.75, 3.05) is 0 Å². The standard InChI is InChI=1S/C24H32N6/c25-13-19-8-10-20(11-9-19)15-27-28-16-21-4-3-5-22(12-21)17-29-30-18-24-7-2-1-6-23(24)14-26/h1-12,27-30H,13-18,25-26H2. The van der Waals surface area contributed by atoms with E-state index in [0.29, 0.717) is 13.1 Å². The summed E-state index contributed by atoms with van der Waals surface area (Å²) in [4.78, 5) is 0. The van der Waals surface area contributed by atoms with Crippen molar-refractivity contribution in [2.24, 2.45) is 11.5 Å². The molecule has 6 nitrogen and oxygen atoms in total. The number of benzene rings is 3. The summed E-state index contributed by atoms with van der Waals surface area (Å²) in [5.41, 5.74) is 31.8. The Kier molecular flexibility index (Phi) is 8.99. The van der Waals surface area contributed by atoms with Crippen LogP contribution in [0.4, 0.5) is 0 Å². The monoisotopic (exact) mass is 404 g/mol. The van der Waals surface area contributed by atoms with E-state index in [1.807, 2.05) is 12.1 Å². The van der Waals surface area contributed by atoms with Gasteiger partial charge in [0.2, 0.25) is 0 Å². The quantitative estimate of drug-likeness (QED) is 0.204. The van der Waals surface area contributed by atoms with Gasteiger partial charge in [0.15, 0.2) is 0 Å². The van der Waals surface area contributed by atoms with Crippen molar-refractivity contribution in [3.8, 4) is 0 Å². The van der Waals surface area contributed by atoms with Gasteiger partial charge in [0.1, 0.15) is 0 Å². The number of hydrazine groups is 2. The van der Waals surface area contributed by atoms with E-state index in [-0.39, 0.29) is 0 Å². The van der Waals surface area contributed by atoms with Crippen molar-refractivity contribution in [3.63, 3.8) is 0 Å². The highest BCUT2D eigenvalue weighted by Crippen LogP contribution is 2.08. The molecule has 0 heterocycles. The van der Waals surface area contributed by atoms with Crippen LogP contribution < -0.4 is 33.2 Å². The molecule has 6 heteroatoms. The Bertz CT molecular complexity index is 894. The fourth-order valence-corrected chi connectivity index (χ4v) is 3.22. The van der Waals surface area contributed by atoms with E-state index in [9.17, 15) is 0 Å². The lowest BCUT2D eigenvalue weighted by Gasteiger charge is -2.12. The highest BCUT2D eigenvalue weighted by Gasteiger charge is 2.00. The van der Waals surface area contributed by atoms with Crippen LogP contribution in [0.1, 0.15) is 33.4 Å². The van der Waals surface area contributed by atoms with Gasteiger partial charge in [-0.1, -0.05) is 72.8 Å². The van der Waals surface area contributed by atoms with E-state index in [0.717, 1.165) is 31.7 Å². The van der Waals surface area contributed by atoms with Crippen LogP contribution in [0.3, 0.4) is 0 Å². The number of nitrogens with one attached hydrogen (secondary N) is 4. The maximum atomic E-state index is 5.79. The minimum Gasteiger partial charge on any atom is -0.326 e. The highest BCUT2D eigenvalue weighted by molar-refractivity contribution is 5.27. The zero-order valence-corrected chi connectivity index (χ0v) is 17.3. The first-order chi connectivity index (χ1) is 14.8. The van der Waals surface area contributed by atoms with Gasteiger partial charge in [-0.25, -0.2) is 0 Å². The van der Waals surface area contributed by atoms with E-state index >= 15 is 0 Å². The molecule has 0 aromatic heterocycles. The third kappa shape index (κ3) is 7.03. The fourth-order valence-electron chi connectivity index (χ4n) is 3.22. The number of hydrogen-bond acceptors (Lipinski definition) is 6. The van der Waals surface area contributed by atoms with Crippen LogP contribution in [-0.2, 0) is 39.3 Å². The summed E-state index contributed by atoms with van der Waals surface area (Å²) in [5.74, 6) is 0. The maximum absolute atomic E-state index is 5.79. The Morgan fingerprint density at radius 2 is 1.00 bits per heavy atom. The first kappa shape index (κ1) is 22.1. The van der Waals surface area contributed by atoms with Gasteiger partial charge in [0.25, 0.3) is 0 Å².